The highest BCUT2D eigenvalue weighted by molar-refractivity contribution is 6.30. The van der Waals surface area contributed by atoms with E-state index in [4.69, 9.17) is 16.3 Å². The van der Waals surface area contributed by atoms with Crippen LogP contribution in [0.25, 0.3) is 5.69 Å². The van der Waals surface area contributed by atoms with Crippen LogP contribution in [0.1, 0.15) is 24.1 Å². The fraction of sp³-hybridized carbons (Fsp3) is 0.211. The number of amides is 1. The zero-order chi connectivity index (χ0) is 18.5. The molecule has 1 aromatic heterocycles. The Kier molecular flexibility index (Phi) is 5.53. The zero-order valence-corrected chi connectivity index (χ0v) is 15.3. The Morgan fingerprint density at radius 1 is 1.27 bits per heavy atom. The van der Waals surface area contributed by atoms with E-state index in [9.17, 15) is 4.79 Å². The number of nitrogens with zero attached hydrogens (tertiary/aromatic N) is 3. The van der Waals surface area contributed by atoms with Crippen molar-refractivity contribution in [2.24, 2.45) is 0 Å². The maximum absolute atomic E-state index is 12.4. The van der Waals surface area contributed by atoms with Gasteiger partial charge in [-0.3, -0.25) is 4.79 Å². The van der Waals surface area contributed by atoms with Gasteiger partial charge in [0.05, 0.1) is 25.3 Å². The lowest BCUT2D eigenvalue weighted by atomic mass is 10.1. The lowest BCUT2D eigenvalue weighted by molar-refractivity contribution is -0.121. The molecule has 0 aliphatic rings. The summed E-state index contributed by atoms with van der Waals surface area (Å²) in [6.45, 7) is 1.94. The second-order valence-electron chi connectivity index (χ2n) is 5.85. The van der Waals surface area contributed by atoms with Gasteiger partial charge < -0.3 is 10.1 Å². The van der Waals surface area contributed by atoms with Crippen molar-refractivity contribution in [1.29, 1.82) is 0 Å². The predicted octanol–water partition coefficient (Wildman–Crippen LogP) is 3.35. The van der Waals surface area contributed by atoms with Gasteiger partial charge in [-0.25, -0.2) is 9.67 Å². The molecule has 7 heteroatoms. The van der Waals surface area contributed by atoms with E-state index < -0.39 is 0 Å². The van der Waals surface area contributed by atoms with Crippen LogP contribution in [0.4, 0.5) is 0 Å². The van der Waals surface area contributed by atoms with Crippen LogP contribution in [0.15, 0.2) is 55.1 Å². The zero-order valence-electron chi connectivity index (χ0n) is 14.5. The first-order valence-electron chi connectivity index (χ1n) is 8.13. The number of carbonyl (C=O) groups excluding carboxylic acids is 1. The Morgan fingerprint density at radius 3 is 2.69 bits per heavy atom. The first kappa shape index (κ1) is 17.9. The van der Waals surface area contributed by atoms with Gasteiger partial charge in [-0.05, 0) is 42.8 Å². The SMILES string of the molecule is COc1ccc(Cl)cc1CC(=O)N[C@@H](C)c1ccc(-n2cncn2)cc1. The van der Waals surface area contributed by atoms with Crippen LogP contribution in [-0.2, 0) is 11.2 Å². The number of halogens is 1. The average Bonchev–Trinajstić information content (AvgIpc) is 3.16. The fourth-order valence-corrected chi connectivity index (χ4v) is 2.89. The second-order valence-corrected chi connectivity index (χ2v) is 6.29. The molecule has 2 aromatic carbocycles. The summed E-state index contributed by atoms with van der Waals surface area (Å²) in [6, 6.07) is 12.9. The molecule has 134 valence electrons. The topological polar surface area (TPSA) is 69.0 Å². The maximum atomic E-state index is 12.4. The van der Waals surface area contributed by atoms with Crippen LogP contribution >= 0.6 is 11.6 Å². The standard InChI is InChI=1S/C19H19ClN4O2/c1-13(14-3-6-17(7-4-14)24-12-21-11-22-24)23-19(25)10-15-9-16(20)5-8-18(15)26-2/h3-9,11-13H,10H2,1-2H3,(H,23,25)/t13-/m0/s1. The van der Waals surface area contributed by atoms with Gasteiger partial charge in [-0.15, -0.1) is 0 Å². The summed E-state index contributed by atoms with van der Waals surface area (Å²) in [4.78, 5) is 16.3. The molecular weight excluding hydrogens is 352 g/mol. The van der Waals surface area contributed by atoms with Gasteiger partial charge in [-0.1, -0.05) is 23.7 Å². The van der Waals surface area contributed by atoms with Crippen molar-refractivity contribution in [3.05, 3.63) is 71.3 Å². The number of carbonyl (C=O) groups is 1. The van der Waals surface area contributed by atoms with Gasteiger partial charge in [-0.2, -0.15) is 5.10 Å². The maximum Gasteiger partial charge on any atom is 0.225 e. The van der Waals surface area contributed by atoms with Crippen molar-refractivity contribution in [1.82, 2.24) is 20.1 Å². The smallest absolute Gasteiger partial charge is 0.225 e. The van der Waals surface area contributed by atoms with E-state index in [1.165, 1.54) is 6.33 Å². The van der Waals surface area contributed by atoms with E-state index in [-0.39, 0.29) is 18.4 Å². The van der Waals surface area contributed by atoms with Gasteiger partial charge in [0.1, 0.15) is 18.4 Å². The minimum absolute atomic E-state index is 0.0987. The van der Waals surface area contributed by atoms with Crippen LogP contribution in [0.3, 0.4) is 0 Å². The molecule has 1 amide bonds. The van der Waals surface area contributed by atoms with Gasteiger partial charge in [0.15, 0.2) is 0 Å². The van der Waals surface area contributed by atoms with Crippen molar-refractivity contribution < 1.29 is 9.53 Å². The number of benzene rings is 2. The molecule has 0 aliphatic heterocycles. The highest BCUT2D eigenvalue weighted by atomic mass is 35.5. The molecular formula is C19H19ClN4O2. The molecule has 1 N–H and O–H groups in total. The molecule has 0 radical (unpaired) electrons. The highest BCUT2D eigenvalue weighted by Gasteiger charge is 2.13. The molecule has 1 atom stereocenters. The predicted molar refractivity (Wildman–Crippen MR) is 99.6 cm³/mol. The van der Waals surface area contributed by atoms with Gasteiger partial charge in [0.25, 0.3) is 0 Å². The summed E-state index contributed by atoms with van der Waals surface area (Å²) in [6.07, 6.45) is 3.32. The van der Waals surface area contributed by atoms with Gasteiger partial charge >= 0.3 is 0 Å². The summed E-state index contributed by atoms with van der Waals surface area (Å²) < 4.78 is 6.97. The monoisotopic (exact) mass is 370 g/mol. The summed E-state index contributed by atoms with van der Waals surface area (Å²) in [7, 11) is 1.57. The number of hydrogen-bond donors (Lipinski definition) is 1. The third-order valence-corrected chi connectivity index (χ3v) is 4.28. The Morgan fingerprint density at radius 2 is 2.04 bits per heavy atom. The molecule has 3 aromatic rings. The van der Waals surface area contributed by atoms with Crippen LogP contribution in [0, 0.1) is 0 Å². The first-order chi connectivity index (χ1) is 12.6. The minimum atomic E-state index is -0.127. The quantitative estimate of drug-likeness (QED) is 0.722. The van der Waals surface area contributed by atoms with E-state index in [0.29, 0.717) is 10.8 Å². The Bertz CT molecular complexity index is 879. The number of aromatic nitrogens is 3. The Balaban J connectivity index is 1.65. The number of nitrogens with one attached hydrogen (secondary N) is 1. The number of methoxy groups -OCH3 is 1. The van der Waals surface area contributed by atoms with E-state index in [0.717, 1.165) is 16.8 Å². The average molecular weight is 371 g/mol. The molecule has 1 heterocycles. The van der Waals surface area contributed by atoms with Crippen molar-refractivity contribution >= 4 is 17.5 Å². The second kappa shape index (κ2) is 8.01. The van der Waals surface area contributed by atoms with Crippen molar-refractivity contribution in [3.63, 3.8) is 0 Å². The molecule has 0 unspecified atom stereocenters. The lowest BCUT2D eigenvalue weighted by Crippen LogP contribution is -2.28. The molecule has 0 spiro atoms. The van der Waals surface area contributed by atoms with Gasteiger partial charge in [0, 0.05) is 10.6 Å². The fourth-order valence-electron chi connectivity index (χ4n) is 2.69. The third-order valence-electron chi connectivity index (χ3n) is 4.05. The highest BCUT2D eigenvalue weighted by Crippen LogP contribution is 2.23. The molecule has 0 saturated heterocycles. The number of hydrogen-bond acceptors (Lipinski definition) is 4. The van der Waals surface area contributed by atoms with Crippen LogP contribution in [0.5, 0.6) is 5.75 Å². The van der Waals surface area contributed by atoms with Gasteiger partial charge in [0.2, 0.25) is 5.91 Å². The van der Waals surface area contributed by atoms with Crippen molar-refractivity contribution in [2.45, 2.75) is 19.4 Å². The van der Waals surface area contributed by atoms with Crippen LogP contribution < -0.4 is 10.1 Å². The van der Waals surface area contributed by atoms with Crippen LogP contribution in [-0.4, -0.2) is 27.8 Å². The van der Waals surface area contributed by atoms with E-state index in [1.807, 2.05) is 31.2 Å². The molecule has 0 aliphatic carbocycles. The number of ether oxygens (including phenoxy) is 1. The van der Waals surface area contributed by atoms with Crippen molar-refractivity contribution in [3.8, 4) is 11.4 Å². The molecule has 0 saturated carbocycles. The van der Waals surface area contributed by atoms with E-state index >= 15 is 0 Å². The molecule has 26 heavy (non-hydrogen) atoms. The summed E-state index contributed by atoms with van der Waals surface area (Å²) in [5.41, 5.74) is 2.67. The molecule has 0 bridgehead atoms. The number of rotatable bonds is 6. The third kappa shape index (κ3) is 4.21. The first-order valence-corrected chi connectivity index (χ1v) is 8.51. The van der Waals surface area contributed by atoms with Crippen molar-refractivity contribution in [2.75, 3.05) is 7.11 Å². The largest absolute Gasteiger partial charge is 0.496 e. The lowest BCUT2D eigenvalue weighted by Gasteiger charge is -2.16. The Labute approximate surface area is 156 Å². The normalized spacial score (nSPS) is 11.8. The summed E-state index contributed by atoms with van der Waals surface area (Å²) in [5, 5.41) is 7.66. The Hall–Kier alpha value is -2.86. The summed E-state index contributed by atoms with van der Waals surface area (Å²) >= 11 is 6.02. The van der Waals surface area contributed by atoms with E-state index in [2.05, 4.69) is 15.4 Å². The molecule has 3 rings (SSSR count). The summed E-state index contributed by atoms with van der Waals surface area (Å²) in [5.74, 6) is 0.549. The molecule has 6 nitrogen and oxygen atoms in total. The minimum Gasteiger partial charge on any atom is -0.496 e. The molecule has 0 fully saturated rings. The van der Waals surface area contributed by atoms with Crippen LogP contribution in [0.2, 0.25) is 5.02 Å². The van der Waals surface area contributed by atoms with E-state index in [1.54, 1.807) is 36.3 Å².